The standard InChI is InChI=1S/C16H19NO2/c18-16(19)14-11-17(10-9-12-5-1-2-6-12)15-8-4-3-7-13(14)15/h3-4,7-8,11-12H,1-2,5-6,9-10H2,(H,18,19). The maximum absolute atomic E-state index is 11.3. The molecular formula is C16H19NO2. The summed E-state index contributed by atoms with van der Waals surface area (Å²) in [5, 5.41) is 10.1. The summed E-state index contributed by atoms with van der Waals surface area (Å²) in [6.07, 6.45) is 8.35. The van der Waals surface area contributed by atoms with Gasteiger partial charge in [0.2, 0.25) is 0 Å². The second-order valence-corrected chi connectivity index (χ2v) is 5.50. The number of nitrogens with zero attached hydrogens (tertiary/aromatic N) is 1. The highest BCUT2D eigenvalue weighted by atomic mass is 16.4. The van der Waals surface area contributed by atoms with E-state index in [1.165, 1.54) is 25.7 Å². The molecule has 1 aromatic carbocycles. The first kappa shape index (κ1) is 12.3. The fraction of sp³-hybridized carbons (Fsp3) is 0.438. The van der Waals surface area contributed by atoms with Crippen molar-refractivity contribution in [2.24, 2.45) is 5.92 Å². The van der Waals surface area contributed by atoms with Crippen molar-refractivity contribution in [3.8, 4) is 0 Å². The first-order chi connectivity index (χ1) is 9.25. The first-order valence-electron chi connectivity index (χ1n) is 7.07. The summed E-state index contributed by atoms with van der Waals surface area (Å²) in [7, 11) is 0. The number of fused-ring (bicyclic) bond motifs is 1. The number of hydrogen-bond donors (Lipinski definition) is 1. The minimum atomic E-state index is -0.837. The third kappa shape index (κ3) is 2.37. The summed E-state index contributed by atoms with van der Waals surface area (Å²) >= 11 is 0. The summed E-state index contributed by atoms with van der Waals surface area (Å²) in [5.41, 5.74) is 1.46. The summed E-state index contributed by atoms with van der Waals surface area (Å²) in [5.74, 6) is -0.00902. The van der Waals surface area contributed by atoms with Gasteiger partial charge in [-0.3, -0.25) is 0 Å². The van der Waals surface area contributed by atoms with Crippen LogP contribution in [0.3, 0.4) is 0 Å². The summed E-state index contributed by atoms with van der Waals surface area (Å²) < 4.78 is 2.11. The summed E-state index contributed by atoms with van der Waals surface area (Å²) in [6.45, 7) is 0.929. The predicted octanol–water partition coefficient (Wildman–Crippen LogP) is 3.92. The SMILES string of the molecule is O=C(O)c1cn(CCC2CCCC2)c2ccccc12. The molecule has 1 aromatic heterocycles. The van der Waals surface area contributed by atoms with Crippen LogP contribution >= 0.6 is 0 Å². The van der Waals surface area contributed by atoms with Crippen LogP contribution in [-0.2, 0) is 6.54 Å². The number of aromatic carboxylic acids is 1. The molecule has 1 aliphatic carbocycles. The largest absolute Gasteiger partial charge is 0.478 e. The maximum Gasteiger partial charge on any atom is 0.337 e. The number of benzene rings is 1. The van der Waals surface area contributed by atoms with Gasteiger partial charge in [-0.15, -0.1) is 0 Å². The Morgan fingerprint density at radius 1 is 1.26 bits per heavy atom. The number of carbonyl (C=O) groups is 1. The minimum absolute atomic E-state index is 0.419. The van der Waals surface area contributed by atoms with Crippen LogP contribution in [0.4, 0.5) is 0 Å². The molecule has 3 heteroatoms. The van der Waals surface area contributed by atoms with Gasteiger partial charge >= 0.3 is 5.97 Å². The zero-order valence-corrected chi connectivity index (χ0v) is 11.0. The molecule has 3 nitrogen and oxygen atoms in total. The lowest BCUT2D eigenvalue weighted by molar-refractivity contribution is 0.0699. The van der Waals surface area contributed by atoms with Crippen LogP contribution in [0.15, 0.2) is 30.5 Å². The van der Waals surface area contributed by atoms with E-state index in [2.05, 4.69) is 4.57 Å². The van der Waals surface area contributed by atoms with Crippen molar-refractivity contribution in [1.82, 2.24) is 4.57 Å². The van der Waals surface area contributed by atoms with Gasteiger partial charge in [0.05, 0.1) is 5.56 Å². The van der Waals surface area contributed by atoms with Crippen LogP contribution in [0.25, 0.3) is 10.9 Å². The second kappa shape index (κ2) is 5.08. The van der Waals surface area contributed by atoms with Crippen molar-refractivity contribution in [3.63, 3.8) is 0 Å². The lowest BCUT2D eigenvalue weighted by Gasteiger charge is -2.10. The third-order valence-corrected chi connectivity index (χ3v) is 4.27. The fourth-order valence-electron chi connectivity index (χ4n) is 3.22. The zero-order valence-electron chi connectivity index (χ0n) is 11.0. The maximum atomic E-state index is 11.3. The molecule has 0 amide bonds. The highest BCUT2D eigenvalue weighted by molar-refractivity contribution is 6.03. The van der Waals surface area contributed by atoms with E-state index < -0.39 is 5.97 Å². The molecule has 0 radical (unpaired) electrons. The van der Waals surface area contributed by atoms with Gasteiger partial charge in [0.25, 0.3) is 0 Å². The number of hydrogen-bond acceptors (Lipinski definition) is 1. The Kier molecular flexibility index (Phi) is 3.28. The minimum Gasteiger partial charge on any atom is -0.478 e. The van der Waals surface area contributed by atoms with Crippen molar-refractivity contribution >= 4 is 16.9 Å². The molecule has 2 aromatic rings. The van der Waals surface area contributed by atoms with Crippen LogP contribution in [0.2, 0.25) is 0 Å². The topological polar surface area (TPSA) is 42.2 Å². The molecule has 1 N–H and O–H groups in total. The fourth-order valence-corrected chi connectivity index (χ4v) is 3.22. The monoisotopic (exact) mass is 257 g/mol. The van der Waals surface area contributed by atoms with Gasteiger partial charge in [0, 0.05) is 23.6 Å². The average molecular weight is 257 g/mol. The molecule has 0 atom stereocenters. The average Bonchev–Trinajstić information content (AvgIpc) is 3.04. The molecule has 1 fully saturated rings. The Morgan fingerprint density at radius 2 is 2.00 bits per heavy atom. The molecule has 1 heterocycles. The third-order valence-electron chi connectivity index (χ3n) is 4.27. The summed E-state index contributed by atoms with van der Waals surface area (Å²) in [4.78, 5) is 11.3. The lowest BCUT2D eigenvalue weighted by atomic mass is 10.0. The van der Waals surface area contributed by atoms with Crippen LogP contribution in [0, 0.1) is 5.92 Å². The predicted molar refractivity (Wildman–Crippen MR) is 75.5 cm³/mol. The van der Waals surface area contributed by atoms with E-state index in [0.29, 0.717) is 5.56 Å². The highest BCUT2D eigenvalue weighted by Crippen LogP contribution is 2.29. The smallest absolute Gasteiger partial charge is 0.337 e. The number of rotatable bonds is 4. The molecule has 19 heavy (non-hydrogen) atoms. The molecule has 0 saturated heterocycles. The number of para-hydroxylation sites is 1. The molecule has 0 unspecified atom stereocenters. The van der Waals surface area contributed by atoms with Crippen LogP contribution in [0.1, 0.15) is 42.5 Å². The molecule has 1 saturated carbocycles. The van der Waals surface area contributed by atoms with Gasteiger partial charge < -0.3 is 9.67 Å². The molecular weight excluding hydrogens is 238 g/mol. The molecule has 3 rings (SSSR count). The Balaban J connectivity index is 1.87. The number of carboxylic acids is 1. The van der Waals surface area contributed by atoms with Gasteiger partial charge in [-0.1, -0.05) is 43.9 Å². The molecule has 1 aliphatic rings. The van der Waals surface area contributed by atoms with Crippen molar-refractivity contribution < 1.29 is 9.90 Å². The number of aryl methyl sites for hydroxylation is 1. The Labute approximate surface area is 112 Å². The first-order valence-corrected chi connectivity index (χ1v) is 7.07. The Morgan fingerprint density at radius 3 is 2.74 bits per heavy atom. The van der Waals surface area contributed by atoms with Crippen LogP contribution in [0.5, 0.6) is 0 Å². The van der Waals surface area contributed by atoms with Crippen LogP contribution < -0.4 is 0 Å². The van der Waals surface area contributed by atoms with E-state index >= 15 is 0 Å². The Bertz CT molecular complexity index is 594. The summed E-state index contributed by atoms with van der Waals surface area (Å²) in [6, 6.07) is 7.78. The van der Waals surface area contributed by atoms with Gasteiger partial charge in [0.15, 0.2) is 0 Å². The van der Waals surface area contributed by atoms with Crippen molar-refractivity contribution in [1.29, 1.82) is 0 Å². The van der Waals surface area contributed by atoms with E-state index in [1.54, 1.807) is 6.20 Å². The molecule has 0 aliphatic heterocycles. The number of carboxylic acid groups (broad SMARTS) is 1. The second-order valence-electron chi connectivity index (χ2n) is 5.50. The molecule has 0 bridgehead atoms. The van der Waals surface area contributed by atoms with Crippen molar-refractivity contribution in [2.45, 2.75) is 38.6 Å². The van der Waals surface area contributed by atoms with E-state index in [-0.39, 0.29) is 0 Å². The Hall–Kier alpha value is -1.77. The quantitative estimate of drug-likeness (QED) is 0.902. The van der Waals surface area contributed by atoms with Gasteiger partial charge in [-0.25, -0.2) is 4.79 Å². The van der Waals surface area contributed by atoms with E-state index in [0.717, 1.165) is 29.8 Å². The normalized spacial score (nSPS) is 16.2. The lowest BCUT2D eigenvalue weighted by Crippen LogP contribution is -2.02. The van der Waals surface area contributed by atoms with Gasteiger partial charge in [0.1, 0.15) is 0 Å². The van der Waals surface area contributed by atoms with Crippen LogP contribution in [-0.4, -0.2) is 15.6 Å². The van der Waals surface area contributed by atoms with E-state index in [1.807, 2.05) is 24.3 Å². The van der Waals surface area contributed by atoms with Crippen molar-refractivity contribution in [2.75, 3.05) is 0 Å². The highest BCUT2D eigenvalue weighted by Gasteiger charge is 2.17. The molecule has 0 spiro atoms. The number of aromatic nitrogens is 1. The van der Waals surface area contributed by atoms with E-state index in [9.17, 15) is 9.90 Å². The zero-order chi connectivity index (χ0) is 13.2. The molecule has 100 valence electrons. The van der Waals surface area contributed by atoms with Gasteiger partial charge in [-0.05, 0) is 18.4 Å². The van der Waals surface area contributed by atoms with Crippen molar-refractivity contribution in [3.05, 3.63) is 36.0 Å². The van der Waals surface area contributed by atoms with Gasteiger partial charge in [-0.2, -0.15) is 0 Å². The van der Waals surface area contributed by atoms with E-state index in [4.69, 9.17) is 0 Å².